The predicted octanol–water partition coefficient (Wildman–Crippen LogP) is 1.11. The van der Waals surface area contributed by atoms with Gasteiger partial charge in [-0.1, -0.05) is 5.92 Å². The highest BCUT2D eigenvalue weighted by Gasteiger charge is 2.16. The molecule has 2 nitrogen and oxygen atoms in total. The summed E-state index contributed by atoms with van der Waals surface area (Å²) in [6.45, 7) is 4.03. The molecular formula is C9H17NOS. The van der Waals surface area contributed by atoms with Crippen LogP contribution in [0.2, 0.25) is 0 Å². The normalized spacial score (nSPS) is 13.4. The van der Waals surface area contributed by atoms with Crippen LogP contribution >= 0.6 is 11.4 Å². The minimum absolute atomic E-state index is 0.182. The van der Waals surface area contributed by atoms with Gasteiger partial charge in [-0.15, -0.1) is 0 Å². The summed E-state index contributed by atoms with van der Waals surface area (Å²) in [7, 11) is 3.94. The van der Waals surface area contributed by atoms with Gasteiger partial charge in [0.2, 0.25) is 0 Å². The molecule has 0 bridgehead atoms. The van der Waals surface area contributed by atoms with Crippen LogP contribution in [0.4, 0.5) is 0 Å². The van der Waals surface area contributed by atoms with Gasteiger partial charge in [-0.25, -0.2) is 0 Å². The highest BCUT2D eigenvalue weighted by Crippen LogP contribution is 2.06. The second-order valence-electron chi connectivity index (χ2n) is 3.25. The maximum absolute atomic E-state index is 9.12. The summed E-state index contributed by atoms with van der Waals surface area (Å²) in [6, 6.07) is 0. The SMILES string of the molecule is C[SH]=C(O)C#CC(C)(C)N(C)C. The van der Waals surface area contributed by atoms with E-state index in [2.05, 4.69) is 11.8 Å². The molecule has 0 aliphatic rings. The maximum atomic E-state index is 9.12. The maximum Gasteiger partial charge on any atom is 0.145 e. The molecule has 0 aliphatic carbocycles. The number of nitrogens with zero attached hydrogens (tertiary/aromatic N) is 1. The molecule has 0 rings (SSSR count). The molecule has 0 aliphatic heterocycles. The Morgan fingerprint density at radius 1 is 1.42 bits per heavy atom. The molecule has 0 unspecified atom stereocenters. The molecule has 0 aromatic carbocycles. The lowest BCUT2D eigenvalue weighted by molar-refractivity contribution is 0.263. The van der Waals surface area contributed by atoms with Crippen LogP contribution in [0.3, 0.4) is 0 Å². The van der Waals surface area contributed by atoms with Gasteiger partial charge in [0.15, 0.2) is 0 Å². The van der Waals surface area contributed by atoms with Crippen molar-refractivity contribution in [2.24, 2.45) is 0 Å². The highest BCUT2D eigenvalue weighted by atomic mass is 32.1. The molecule has 0 spiro atoms. The summed E-state index contributed by atoms with van der Waals surface area (Å²) in [4.78, 5) is 2.01. The van der Waals surface area contributed by atoms with Gasteiger partial charge in [0.25, 0.3) is 0 Å². The zero-order valence-electron chi connectivity index (χ0n) is 8.34. The van der Waals surface area contributed by atoms with Gasteiger partial charge in [-0.05, 0) is 40.1 Å². The summed E-state index contributed by atoms with van der Waals surface area (Å²) < 4.78 is 0. The zero-order valence-corrected chi connectivity index (χ0v) is 9.24. The van der Waals surface area contributed by atoms with Crippen LogP contribution in [0.25, 0.3) is 0 Å². The first-order chi connectivity index (χ1) is 5.40. The van der Waals surface area contributed by atoms with E-state index in [1.807, 2.05) is 39.1 Å². The zero-order chi connectivity index (χ0) is 9.78. The van der Waals surface area contributed by atoms with Gasteiger partial charge in [-0.2, -0.15) is 11.4 Å². The van der Waals surface area contributed by atoms with E-state index in [0.29, 0.717) is 0 Å². The first kappa shape index (κ1) is 11.7. The lowest BCUT2D eigenvalue weighted by Gasteiger charge is -2.26. The van der Waals surface area contributed by atoms with Crippen molar-refractivity contribution in [3.05, 3.63) is 0 Å². The second-order valence-corrected chi connectivity index (χ2v) is 4.12. The van der Waals surface area contributed by atoms with Crippen LogP contribution in [-0.2, 0) is 0 Å². The molecular weight excluding hydrogens is 170 g/mol. The van der Waals surface area contributed by atoms with Crippen molar-refractivity contribution < 1.29 is 5.11 Å². The Balaban J connectivity index is 4.49. The van der Waals surface area contributed by atoms with Crippen LogP contribution in [0.15, 0.2) is 0 Å². The van der Waals surface area contributed by atoms with E-state index < -0.39 is 0 Å². The van der Waals surface area contributed by atoms with Gasteiger partial charge in [0, 0.05) is 0 Å². The first-order valence-electron chi connectivity index (χ1n) is 3.76. The van der Waals surface area contributed by atoms with Gasteiger partial charge < -0.3 is 5.11 Å². The Kier molecular flexibility index (Phi) is 4.54. The molecule has 0 heterocycles. The molecule has 0 radical (unpaired) electrons. The Bertz CT molecular complexity index is 233. The average molecular weight is 187 g/mol. The van der Waals surface area contributed by atoms with Crippen molar-refractivity contribution in [3.63, 3.8) is 0 Å². The number of rotatable bonds is 1. The molecule has 12 heavy (non-hydrogen) atoms. The highest BCUT2D eigenvalue weighted by molar-refractivity contribution is 7.98. The van der Waals surface area contributed by atoms with E-state index in [4.69, 9.17) is 5.11 Å². The Hall–Kier alpha value is -0.300. The van der Waals surface area contributed by atoms with Crippen molar-refractivity contribution in [2.75, 3.05) is 20.4 Å². The average Bonchev–Trinajstić information content (AvgIpc) is 2.00. The van der Waals surface area contributed by atoms with E-state index in [-0.39, 0.29) is 10.6 Å². The van der Waals surface area contributed by atoms with Gasteiger partial charge in [0.1, 0.15) is 5.05 Å². The molecule has 0 amide bonds. The second kappa shape index (κ2) is 4.66. The lowest BCUT2D eigenvalue weighted by atomic mass is 10.1. The fraction of sp³-hybridized carbons (Fsp3) is 0.667. The minimum atomic E-state index is -0.182. The molecule has 70 valence electrons. The Labute approximate surface area is 78.5 Å². The monoisotopic (exact) mass is 187 g/mol. The van der Waals surface area contributed by atoms with E-state index in [0.717, 1.165) is 11.4 Å². The van der Waals surface area contributed by atoms with Crippen molar-refractivity contribution in [2.45, 2.75) is 19.4 Å². The number of thiol groups is 1. The smallest absolute Gasteiger partial charge is 0.145 e. The van der Waals surface area contributed by atoms with Crippen molar-refractivity contribution in [1.82, 2.24) is 4.90 Å². The number of hydrogen-bond acceptors (Lipinski definition) is 1. The number of hydrogen-bond donors (Lipinski definition) is 2. The lowest BCUT2D eigenvalue weighted by Crippen LogP contribution is -2.36. The van der Waals surface area contributed by atoms with Gasteiger partial charge in [-0.3, -0.25) is 4.90 Å². The van der Waals surface area contributed by atoms with Gasteiger partial charge in [0.05, 0.1) is 5.54 Å². The van der Waals surface area contributed by atoms with Crippen LogP contribution in [-0.4, -0.2) is 40.9 Å². The van der Waals surface area contributed by atoms with Crippen LogP contribution in [0, 0.1) is 11.8 Å². The van der Waals surface area contributed by atoms with Crippen molar-refractivity contribution in [3.8, 4) is 11.8 Å². The predicted molar refractivity (Wildman–Crippen MR) is 58.1 cm³/mol. The fourth-order valence-electron chi connectivity index (χ4n) is 0.377. The van der Waals surface area contributed by atoms with Crippen LogP contribution < -0.4 is 0 Å². The minimum Gasteiger partial charge on any atom is -0.349 e. The molecule has 0 aromatic heterocycles. The van der Waals surface area contributed by atoms with E-state index in [9.17, 15) is 0 Å². The van der Waals surface area contributed by atoms with Crippen LogP contribution in [0.5, 0.6) is 0 Å². The standard InChI is InChI=1S/C9H17NOS/c1-9(2,10(3)4)7-6-8(11)12-5/h11-12H,1-5H3. The topological polar surface area (TPSA) is 23.5 Å². The Morgan fingerprint density at radius 2 is 1.92 bits per heavy atom. The molecule has 0 saturated heterocycles. The molecule has 0 atom stereocenters. The quantitative estimate of drug-likeness (QED) is 0.365. The number of aliphatic hydroxyl groups is 1. The third-order valence-electron chi connectivity index (χ3n) is 1.81. The summed E-state index contributed by atoms with van der Waals surface area (Å²) >= 11 is 0.824. The fourth-order valence-corrected chi connectivity index (χ4v) is 0.544. The first-order valence-corrected chi connectivity index (χ1v) is 5.10. The summed E-state index contributed by atoms with van der Waals surface area (Å²) in [5.41, 5.74) is -0.182. The molecule has 0 aromatic rings. The van der Waals surface area contributed by atoms with Crippen molar-refractivity contribution in [1.29, 1.82) is 0 Å². The Morgan fingerprint density at radius 3 is 2.25 bits per heavy atom. The third-order valence-corrected chi connectivity index (χ3v) is 2.35. The van der Waals surface area contributed by atoms with Gasteiger partial charge >= 0.3 is 0 Å². The molecule has 3 heteroatoms. The van der Waals surface area contributed by atoms with E-state index in [1.165, 1.54) is 0 Å². The van der Waals surface area contributed by atoms with E-state index in [1.54, 1.807) is 0 Å². The summed E-state index contributed by atoms with van der Waals surface area (Å²) in [5.74, 6) is 5.71. The third kappa shape index (κ3) is 3.91. The summed E-state index contributed by atoms with van der Waals surface area (Å²) in [5, 5.41) is 9.34. The van der Waals surface area contributed by atoms with Crippen LogP contribution in [0.1, 0.15) is 13.8 Å². The molecule has 1 N–H and O–H groups in total. The summed E-state index contributed by atoms with van der Waals surface area (Å²) in [6.07, 6.45) is 1.85. The molecule has 0 fully saturated rings. The number of aliphatic hydroxyl groups excluding tert-OH is 1. The largest absolute Gasteiger partial charge is 0.349 e. The van der Waals surface area contributed by atoms with Crippen molar-refractivity contribution >= 4 is 16.4 Å². The molecule has 0 saturated carbocycles. The van der Waals surface area contributed by atoms with E-state index >= 15 is 0 Å².